The Kier molecular flexibility index (Phi) is 4.67. The minimum Gasteiger partial charge on any atom is -0.322 e. The molecule has 0 aliphatic rings. The first-order valence-electron chi connectivity index (χ1n) is 8.82. The molecule has 0 aliphatic carbocycles. The monoisotopic (exact) mass is 373 g/mol. The van der Waals surface area contributed by atoms with E-state index < -0.39 is 0 Å². The van der Waals surface area contributed by atoms with Gasteiger partial charge in [0.1, 0.15) is 0 Å². The summed E-state index contributed by atoms with van der Waals surface area (Å²) in [5.74, 6) is 0.424. The first kappa shape index (κ1) is 17.6. The summed E-state index contributed by atoms with van der Waals surface area (Å²) in [5, 5.41) is 18.8. The van der Waals surface area contributed by atoms with Gasteiger partial charge in [0, 0.05) is 24.0 Å². The highest BCUT2D eigenvalue weighted by Crippen LogP contribution is 2.20. The van der Waals surface area contributed by atoms with E-state index >= 15 is 0 Å². The maximum absolute atomic E-state index is 12.8. The molecule has 140 valence electrons. The van der Waals surface area contributed by atoms with Crippen LogP contribution < -0.4 is 5.32 Å². The number of aromatic nitrogens is 6. The highest BCUT2D eigenvalue weighted by Gasteiger charge is 2.15. The van der Waals surface area contributed by atoms with Crippen molar-refractivity contribution >= 4 is 11.6 Å². The van der Waals surface area contributed by atoms with E-state index in [-0.39, 0.29) is 5.91 Å². The van der Waals surface area contributed by atoms with Gasteiger partial charge in [-0.05, 0) is 35.0 Å². The molecule has 0 unspecified atom stereocenters. The van der Waals surface area contributed by atoms with Crippen LogP contribution in [-0.2, 0) is 13.6 Å². The smallest absolute Gasteiger partial charge is 0.259 e. The lowest BCUT2D eigenvalue weighted by Crippen LogP contribution is -2.13. The van der Waals surface area contributed by atoms with Crippen LogP contribution in [0.2, 0.25) is 0 Å². The molecule has 0 atom stereocenters. The zero-order valence-corrected chi connectivity index (χ0v) is 15.6. The van der Waals surface area contributed by atoms with E-state index in [0.29, 0.717) is 23.6 Å². The number of carbonyl (C=O) groups excluding carboxylic acids is 1. The molecule has 0 bridgehead atoms. The van der Waals surface area contributed by atoms with Crippen LogP contribution in [0.25, 0.3) is 11.4 Å². The summed E-state index contributed by atoms with van der Waals surface area (Å²) in [7, 11) is 1.77. The van der Waals surface area contributed by atoms with Crippen molar-refractivity contribution in [2.45, 2.75) is 13.5 Å². The molecule has 1 amide bonds. The van der Waals surface area contributed by atoms with Crippen molar-refractivity contribution in [3.8, 4) is 11.4 Å². The van der Waals surface area contributed by atoms with E-state index in [4.69, 9.17) is 0 Å². The van der Waals surface area contributed by atoms with Crippen LogP contribution in [0.4, 0.5) is 5.69 Å². The van der Waals surface area contributed by atoms with Crippen LogP contribution >= 0.6 is 0 Å². The first-order valence-corrected chi connectivity index (χ1v) is 8.82. The largest absolute Gasteiger partial charge is 0.322 e. The first-order chi connectivity index (χ1) is 13.6. The Balaban J connectivity index is 1.52. The number of carbonyl (C=O) groups is 1. The van der Waals surface area contributed by atoms with Crippen molar-refractivity contribution in [3.63, 3.8) is 0 Å². The molecule has 0 spiro atoms. The molecule has 8 heteroatoms. The van der Waals surface area contributed by atoms with Crippen molar-refractivity contribution in [2.24, 2.45) is 7.05 Å². The second kappa shape index (κ2) is 7.43. The highest BCUT2D eigenvalue weighted by molar-refractivity contribution is 6.05. The lowest BCUT2D eigenvalue weighted by Gasteiger charge is -2.08. The number of tetrazole rings is 1. The second-order valence-corrected chi connectivity index (χ2v) is 6.45. The minimum atomic E-state index is -0.204. The van der Waals surface area contributed by atoms with Gasteiger partial charge in [-0.1, -0.05) is 42.5 Å². The van der Waals surface area contributed by atoms with Crippen LogP contribution in [0.3, 0.4) is 0 Å². The Morgan fingerprint density at radius 2 is 1.93 bits per heavy atom. The maximum atomic E-state index is 12.8. The van der Waals surface area contributed by atoms with E-state index in [2.05, 4.69) is 25.9 Å². The van der Waals surface area contributed by atoms with Crippen LogP contribution in [-0.4, -0.2) is 35.9 Å². The minimum absolute atomic E-state index is 0.204. The summed E-state index contributed by atoms with van der Waals surface area (Å²) in [4.78, 5) is 12.8. The summed E-state index contributed by atoms with van der Waals surface area (Å²) in [6.45, 7) is 2.51. The van der Waals surface area contributed by atoms with Crippen LogP contribution in [0.5, 0.6) is 0 Å². The molecule has 28 heavy (non-hydrogen) atoms. The van der Waals surface area contributed by atoms with E-state index in [9.17, 15) is 4.79 Å². The number of hydrogen-bond acceptors (Lipinski definition) is 5. The molecule has 4 rings (SSSR count). The van der Waals surface area contributed by atoms with Gasteiger partial charge in [0.05, 0.1) is 18.3 Å². The van der Waals surface area contributed by atoms with Gasteiger partial charge in [-0.3, -0.25) is 9.48 Å². The van der Waals surface area contributed by atoms with Gasteiger partial charge >= 0.3 is 0 Å². The molecule has 4 aromatic rings. The fourth-order valence-electron chi connectivity index (χ4n) is 2.99. The fourth-order valence-corrected chi connectivity index (χ4v) is 2.99. The summed E-state index contributed by atoms with van der Waals surface area (Å²) >= 11 is 0. The SMILES string of the molecule is Cc1c(C(=O)Nc2cccc(-c3nnnn3C)c2)cnn1Cc1ccccc1. The molecular weight excluding hydrogens is 354 g/mol. The van der Waals surface area contributed by atoms with Crippen molar-refractivity contribution < 1.29 is 4.79 Å². The standard InChI is InChI=1S/C20H19N7O/c1-14-18(12-21-27(14)13-15-7-4-3-5-8-15)20(28)22-17-10-6-9-16(11-17)19-23-24-25-26(19)2/h3-12H,13H2,1-2H3,(H,22,28). The van der Waals surface area contributed by atoms with Crippen molar-refractivity contribution in [2.75, 3.05) is 5.32 Å². The third-order valence-electron chi connectivity index (χ3n) is 4.52. The zero-order valence-electron chi connectivity index (χ0n) is 15.6. The molecule has 1 N–H and O–H groups in total. The molecule has 2 aromatic carbocycles. The third-order valence-corrected chi connectivity index (χ3v) is 4.52. The molecule has 0 saturated heterocycles. The van der Waals surface area contributed by atoms with Crippen molar-refractivity contribution in [1.29, 1.82) is 0 Å². The molecular formula is C20H19N7O. The van der Waals surface area contributed by atoms with Gasteiger partial charge in [0.2, 0.25) is 0 Å². The highest BCUT2D eigenvalue weighted by atomic mass is 16.1. The van der Waals surface area contributed by atoms with Crippen LogP contribution in [0.1, 0.15) is 21.6 Å². The molecule has 2 heterocycles. The van der Waals surface area contributed by atoms with Gasteiger partial charge in [-0.25, -0.2) is 4.68 Å². The van der Waals surface area contributed by atoms with Gasteiger partial charge in [-0.2, -0.15) is 5.10 Å². The van der Waals surface area contributed by atoms with Crippen molar-refractivity contribution in [1.82, 2.24) is 30.0 Å². The van der Waals surface area contributed by atoms with Gasteiger partial charge in [-0.15, -0.1) is 5.10 Å². The number of benzene rings is 2. The Labute approximate surface area is 161 Å². The van der Waals surface area contributed by atoms with Crippen LogP contribution in [0, 0.1) is 6.92 Å². The van der Waals surface area contributed by atoms with E-state index in [1.165, 1.54) is 0 Å². The molecule has 0 aliphatic heterocycles. The maximum Gasteiger partial charge on any atom is 0.259 e. The number of rotatable bonds is 5. The average Bonchev–Trinajstić information content (AvgIpc) is 3.29. The molecule has 0 saturated carbocycles. The van der Waals surface area contributed by atoms with E-state index in [1.807, 2.05) is 66.2 Å². The lowest BCUT2D eigenvalue weighted by molar-refractivity contribution is 0.102. The predicted octanol–water partition coefficient (Wildman–Crippen LogP) is 2.68. The fraction of sp³-hybridized carbons (Fsp3) is 0.150. The predicted molar refractivity (Wildman–Crippen MR) is 105 cm³/mol. The van der Waals surface area contributed by atoms with Gasteiger partial charge < -0.3 is 5.32 Å². The van der Waals surface area contributed by atoms with Crippen molar-refractivity contribution in [3.05, 3.63) is 77.6 Å². The Morgan fingerprint density at radius 3 is 2.68 bits per heavy atom. The number of nitrogens with one attached hydrogen (secondary N) is 1. The summed E-state index contributed by atoms with van der Waals surface area (Å²) in [6, 6.07) is 17.4. The summed E-state index contributed by atoms with van der Waals surface area (Å²) in [5.41, 5.74) is 3.98. The number of aryl methyl sites for hydroxylation is 1. The number of hydrogen-bond donors (Lipinski definition) is 1. The third kappa shape index (κ3) is 3.52. The second-order valence-electron chi connectivity index (χ2n) is 6.45. The number of amides is 1. The summed E-state index contributed by atoms with van der Waals surface area (Å²) in [6.07, 6.45) is 1.60. The lowest BCUT2D eigenvalue weighted by atomic mass is 10.1. The number of anilines is 1. The quantitative estimate of drug-likeness (QED) is 0.581. The molecule has 2 aromatic heterocycles. The Hall–Kier alpha value is -3.81. The zero-order chi connectivity index (χ0) is 19.5. The van der Waals surface area contributed by atoms with Gasteiger partial charge in [0.25, 0.3) is 5.91 Å². The molecule has 8 nitrogen and oxygen atoms in total. The normalized spacial score (nSPS) is 10.8. The molecule has 0 radical (unpaired) electrons. The Bertz CT molecular complexity index is 1110. The van der Waals surface area contributed by atoms with Crippen LogP contribution in [0.15, 0.2) is 60.8 Å². The van der Waals surface area contributed by atoms with E-state index in [1.54, 1.807) is 17.9 Å². The Morgan fingerprint density at radius 1 is 1.11 bits per heavy atom. The summed E-state index contributed by atoms with van der Waals surface area (Å²) < 4.78 is 3.41. The average molecular weight is 373 g/mol. The topological polar surface area (TPSA) is 90.5 Å². The van der Waals surface area contributed by atoms with E-state index in [0.717, 1.165) is 16.8 Å². The molecule has 0 fully saturated rings. The number of nitrogens with zero attached hydrogens (tertiary/aromatic N) is 6. The van der Waals surface area contributed by atoms with Gasteiger partial charge in [0.15, 0.2) is 5.82 Å².